The smallest absolute Gasteiger partial charge is 0.232 e. The van der Waals surface area contributed by atoms with E-state index in [0.717, 1.165) is 54.2 Å². The lowest BCUT2D eigenvalue weighted by molar-refractivity contribution is 0.122. The molecule has 11 heteroatoms. The van der Waals surface area contributed by atoms with Crippen molar-refractivity contribution < 1.29 is 4.74 Å². The van der Waals surface area contributed by atoms with Crippen LogP contribution < -0.4 is 10.6 Å². The number of ether oxygens (including phenoxy) is 1. The Labute approximate surface area is 189 Å². The number of nitrogen functional groups attached to an aromatic ring is 1. The van der Waals surface area contributed by atoms with Crippen molar-refractivity contribution in [2.75, 3.05) is 42.7 Å². The topological polar surface area (TPSA) is 113 Å². The third kappa shape index (κ3) is 4.13. The summed E-state index contributed by atoms with van der Waals surface area (Å²) in [6, 6.07) is 8.47. The highest BCUT2D eigenvalue weighted by Crippen LogP contribution is 2.28. The van der Waals surface area contributed by atoms with Crippen LogP contribution in [0.15, 0.2) is 42.1 Å². The fourth-order valence-corrected chi connectivity index (χ4v) is 4.58. The number of hydrogen-bond donors (Lipinski definition) is 1. The summed E-state index contributed by atoms with van der Waals surface area (Å²) in [4.78, 5) is 14.9. The van der Waals surface area contributed by atoms with Gasteiger partial charge in [0, 0.05) is 25.4 Å². The number of aromatic nitrogens is 7. The summed E-state index contributed by atoms with van der Waals surface area (Å²) in [5.74, 6) is 2.16. The number of rotatable bonds is 7. The molecule has 0 saturated carbocycles. The molecule has 1 aliphatic rings. The number of morpholine rings is 1. The van der Waals surface area contributed by atoms with Gasteiger partial charge in [-0.3, -0.25) is 4.57 Å². The van der Waals surface area contributed by atoms with Crippen molar-refractivity contribution >= 4 is 34.7 Å². The molecule has 4 aromatic rings. The zero-order valence-electron chi connectivity index (χ0n) is 17.9. The van der Waals surface area contributed by atoms with Crippen LogP contribution in [0.5, 0.6) is 0 Å². The molecule has 5 rings (SSSR count). The Hall–Kier alpha value is -3.18. The van der Waals surface area contributed by atoms with Gasteiger partial charge in [-0.25, -0.2) is 15.0 Å². The minimum atomic E-state index is 0.407. The van der Waals surface area contributed by atoms with Gasteiger partial charge in [-0.15, -0.1) is 10.2 Å². The molecule has 0 atom stereocenters. The molecule has 0 radical (unpaired) electrons. The van der Waals surface area contributed by atoms with Crippen LogP contribution in [0.25, 0.3) is 16.9 Å². The number of hydrogen-bond acceptors (Lipinski definition) is 9. The van der Waals surface area contributed by atoms with Crippen LogP contribution in [0, 0.1) is 6.92 Å². The van der Waals surface area contributed by atoms with Gasteiger partial charge < -0.3 is 19.9 Å². The number of fused-ring (bicyclic) bond motifs is 1. The SMILES string of the molecule is Cc1ccc(-n2c(SCCCn3cnc4c(N)ncnc43)nnc2N2CCOCC2)cc1. The van der Waals surface area contributed by atoms with Gasteiger partial charge in [0.1, 0.15) is 11.8 Å². The van der Waals surface area contributed by atoms with Gasteiger partial charge in [0.2, 0.25) is 5.95 Å². The van der Waals surface area contributed by atoms with Crippen molar-refractivity contribution in [3.05, 3.63) is 42.5 Å². The van der Waals surface area contributed by atoms with Crippen LogP contribution in [-0.2, 0) is 11.3 Å². The molecule has 1 aliphatic heterocycles. The first kappa shape index (κ1) is 20.7. The van der Waals surface area contributed by atoms with Crippen molar-refractivity contribution in [3.63, 3.8) is 0 Å². The van der Waals surface area contributed by atoms with E-state index in [-0.39, 0.29) is 0 Å². The Morgan fingerprint density at radius 2 is 1.88 bits per heavy atom. The van der Waals surface area contributed by atoms with Crippen molar-refractivity contribution in [1.82, 2.24) is 34.3 Å². The summed E-state index contributed by atoms with van der Waals surface area (Å²) in [6.07, 6.45) is 4.17. The Bertz CT molecular complexity index is 1200. The maximum Gasteiger partial charge on any atom is 0.232 e. The zero-order valence-corrected chi connectivity index (χ0v) is 18.7. The maximum absolute atomic E-state index is 5.88. The largest absolute Gasteiger partial charge is 0.382 e. The first-order valence-corrected chi connectivity index (χ1v) is 11.6. The van der Waals surface area contributed by atoms with E-state index in [1.54, 1.807) is 18.1 Å². The molecule has 2 N–H and O–H groups in total. The molecule has 166 valence electrons. The second kappa shape index (κ2) is 9.13. The molecule has 0 bridgehead atoms. The Morgan fingerprint density at radius 1 is 1.06 bits per heavy atom. The molecular formula is C21H25N9OS. The van der Waals surface area contributed by atoms with Crippen molar-refractivity contribution in [3.8, 4) is 5.69 Å². The molecule has 10 nitrogen and oxygen atoms in total. The summed E-state index contributed by atoms with van der Waals surface area (Å²) < 4.78 is 9.67. The second-order valence-corrected chi connectivity index (χ2v) is 8.69. The third-order valence-corrected chi connectivity index (χ3v) is 6.42. The van der Waals surface area contributed by atoms with E-state index in [1.165, 1.54) is 11.9 Å². The highest BCUT2D eigenvalue weighted by Gasteiger charge is 2.21. The van der Waals surface area contributed by atoms with E-state index in [9.17, 15) is 0 Å². The fraction of sp³-hybridized carbons (Fsp3) is 0.381. The molecule has 1 aromatic carbocycles. The molecule has 4 heterocycles. The average molecular weight is 452 g/mol. The van der Waals surface area contributed by atoms with Crippen LogP contribution in [0.1, 0.15) is 12.0 Å². The summed E-state index contributed by atoms with van der Waals surface area (Å²) in [5.41, 5.74) is 9.59. The number of nitrogens with two attached hydrogens (primary N) is 1. The van der Waals surface area contributed by atoms with E-state index in [4.69, 9.17) is 10.5 Å². The predicted molar refractivity (Wildman–Crippen MR) is 124 cm³/mol. The second-order valence-electron chi connectivity index (χ2n) is 7.62. The number of nitrogens with zero attached hydrogens (tertiary/aromatic N) is 8. The van der Waals surface area contributed by atoms with Crippen LogP contribution in [0.3, 0.4) is 0 Å². The number of thioether (sulfide) groups is 1. The fourth-order valence-electron chi connectivity index (χ4n) is 3.70. The van der Waals surface area contributed by atoms with Crippen molar-refractivity contribution in [1.29, 1.82) is 0 Å². The average Bonchev–Trinajstić information content (AvgIpc) is 3.43. The lowest BCUT2D eigenvalue weighted by Crippen LogP contribution is -2.37. The van der Waals surface area contributed by atoms with Gasteiger partial charge in [-0.05, 0) is 25.5 Å². The van der Waals surface area contributed by atoms with E-state index in [2.05, 4.69) is 65.8 Å². The molecule has 0 aliphatic carbocycles. The minimum absolute atomic E-state index is 0.407. The van der Waals surface area contributed by atoms with Crippen molar-refractivity contribution in [2.45, 2.75) is 25.0 Å². The molecular weight excluding hydrogens is 426 g/mol. The van der Waals surface area contributed by atoms with Gasteiger partial charge in [0.15, 0.2) is 16.6 Å². The summed E-state index contributed by atoms with van der Waals surface area (Å²) in [6.45, 7) is 5.91. The minimum Gasteiger partial charge on any atom is -0.382 e. The normalized spacial score (nSPS) is 14.3. The van der Waals surface area contributed by atoms with Gasteiger partial charge in [-0.2, -0.15) is 0 Å². The predicted octanol–water partition coefficient (Wildman–Crippen LogP) is 2.32. The lowest BCUT2D eigenvalue weighted by Gasteiger charge is -2.28. The standard InChI is InChI=1S/C21H25N9OS/c1-15-3-5-16(6-4-15)30-20(28-8-10-31-11-9-28)26-27-21(30)32-12-2-7-29-14-25-17-18(22)23-13-24-19(17)29/h3-6,13-14H,2,7-12H2,1H3,(H2,22,23,24). The van der Waals surface area contributed by atoms with Gasteiger partial charge in [0.05, 0.1) is 25.2 Å². The number of aryl methyl sites for hydroxylation is 2. The summed E-state index contributed by atoms with van der Waals surface area (Å²) in [5, 5.41) is 9.94. The first-order valence-electron chi connectivity index (χ1n) is 10.6. The molecule has 1 fully saturated rings. The van der Waals surface area contributed by atoms with Crippen LogP contribution in [0.2, 0.25) is 0 Å². The molecule has 0 unspecified atom stereocenters. The molecule has 32 heavy (non-hydrogen) atoms. The Kier molecular flexibility index (Phi) is 5.91. The van der Waals surface area contributed by atoms with E-state index < -0.39 is 0 Å². The van der Waals surface area contributed by atoms with E-state index in [0.29, 0.717) is 24.5 Å². The van der Waals surface area contributed by atoms with Gasteiger partial charge >= 0.3 is 0 Å². The first-order chi connectivity index (χ1) is 15.7. The number of benzene rings is 1. The highest BCUT2D eigenvalue weighted by molar-refractivity contribution is 7.99. The quantitative estimate of drug-likeness (QED) is 0.334. The maximum atomic E-state index is 5.88. The van der Waals surface area contributed by atoms with Gasteiger partial charge in [-0.1, -0.05) is 29.5 Å². The van der Waals surface area contributed by atoms with E-state index >= 15 is 0 Å². The highest BCUT2D eigenvalue weighted by atomic mass is 32.2. The molecule has 1 saturated heterocycles. The summed E-state index contributed by atoms with van der Waals surface area (Å²) >= 11 is 1.70. The molecule has 0 amide bonds. The number of imidazole rings is 1. The Morgan fingerprint density at radius 3 is 2.69 bits per heavy atom. The lowest BCUT2D eigenvalue weighted by atomic mass is 10.2. The zero-order chi connectivity index (χ0) is 21.9. The molecule has 3 aromatic heterocycles. The molecule has 0 spiro atoms. The van der Waals surface area contributed by atoms with Crippen LogP contribution >= 0.6 is 11.8 Å². The Balaban J connectivity index is 1.32. The summed E-state index contributed by atoms with van der Waals surface area (Å²) in [7, 11) is 0. The van der Waals surface area contributed by atoms with E-state index in [1.807, 2.05) is 4.57 Å². The van der Waals surface area contributed by atoms with Crippen LogP contribution in [-0.4, -0.2) is 66.3 Å². The number of anilines is 2. The third-order valence-electron chi connectivity index (χ3n) is 5.41. The van der Waals surface area contributed by atoms with Gasteiger partial charge in [0.25, 0.3) is 0 Å². The van der Waals surface area contributed by atoms with Crippen LogP contribution in [0.4, 0.5) is 11.8 Å². The van der Waals surface area contributed by atoms with Crippen molar-refractivity contribution in [2.24, 2.45) is 0 Å². The monoisotopic (exact) mass is 451 g/mol.